The van der Waals surface area contributed by atoms with Crippen LogP contribution in [0.5, 0.6) is 0 Å². The fraction of sp³-hybridized carbons (Fsp3) is 0.333. The van der Waals surface area contributed by atoms with Gasteiger partial charge in [-0.3, -0.25) is 9.59 Å². The number of aromatic nitrogens is 6. The number of imidazole rings is 2. The Hall–Kier alpha value is -6.14. The summed E-state index contributed by atoms with van der Waals surface area (Å²) >= 11 is 9.35. The van der Waals surface area contributed by atoms with Gasteiger partial charge in [-0.15, -0.1) is 5.10 Å². The van der Waals surface area contributed by atoms with Crippen molar-refractivity contribution in [3.05, 3.63) is 117 Å². The maximum atomic E-state index is 14.5. The molecule has 4 aromatic heterocycles. The van der Waals surface area contributed by atoms with Crippen LogP contribution in [0, 0.1) is 19.7 Å². The number of carbonyl (C=O) groups is 2. The van der Waals surface area contributed by atoms with Crippen LogP contribution in [0.25, 0.3) is 33.8 Å². The van der Waals surface area contributed by atoms with E-state index < -0.39 is 17.0 Å². The number of fused-ring (bicyclic) bond motifs is 2. The van der Waals surface area contributed by atoms with Gasteiger partial charge in [0.2, 0.25) is 0 Å². The summed E-state index contributed by atoms with van der Waals surface area (Å²) in [5.74, 6) is -0.239. The van der Waals surface area contributed by atoms with Gasteiger partial charge in [0.05, 0.1) is 52.0 Å². The number of aryl methyl sites for hydroxylation is 2. The number of rotatable bonds is 14. The van der Waals surface area contributed by atoms with Crippen LogP contribution in [-0.2, 0) is 0 Å². The smallest absolute Gasteiger partial charge is 0.251 e. The van der Waals surface area contributed by atoms with Crippen molar-refractivity contribution in [2.75, 3.05) is 29.0 Å². The summed E-state index contributed by atoms with van der Waals surface area (Å²) in [6.45, 7) is 11.4. The summed E-state index contributed by atoms with van der Waals surface area (Å²) < 4.78 is 18.6. The van der Waals surface area contributed by atoms with Gasteiger partial charge in [0.25, 0.3) is 11.8 Å². The van der Waals surface area contributed by atoms with Gasteiger partial charge in [-0.25, -0.2) is 23.4 Å². The topological polar surface area (TPSA) is 195 Å². The zero-order valence-electron chi connectivity index (χ0n) is 37.4. The lowest BCUT2D eigenvalue weighted by Gasteiger charge is -2.19. The summed E-state index contributed by atoms with van der Waals surface area (Å²) in [4.78, 5) is 34.1. The predicted molar refractivity (Wildman–Crippen MR) is 259 cm³/mol. The van der Waals surface area contributed by atoms with Crippen molar-refractivity contribution in [1.29, 1.82) is 0 Å². The van der Waals surface area contributed by atoms with Gasteiger partial charge in [-0.1, -0.05) is 23.7 Å². The van der Waals surface area contributed by atoms with Crippen molar-refractivity contribution in [2.45, 2.75) is 90.5 Å². The number of hydrogen-bond donors (Lipinski definition) is 7. The second-order valence-electron chi connectivity index (χ2n) is 18.2. The van der Waals surface area contributed by atoms with E-state index in [-0.39, 0.29) is 30.1 Å². The normalized spacial score (nSPS) is 13.9. The van der Waals surface area contributed by atoms with E-state index in [1.807, 2.05) is 50.2 Å². The Morgan fingerprint density at radius 2 is 1.20 bits per heavy atom. The number of nitrogens with one attached hydrogen (secondary N) is 5. The minimum absolute atomic E-state index is 0.0198. The van der Waals surface area contributed by atoms with E-state index in [9.17, 15) is 24.2 Å². The SMILES string of the molecule is Cc1cc(-c2cnc3c(NCC(C)(C)O)cc(Br)nn23)ccc1C(=O)NC1CC1.Cc1cc(-c2cnc3c(NCC(C)(C)O)cc(Nc4ccc(Cl)cc4F)nn23)ccc1C(=O)NC1CC1. The first-order chi connectivity index (χ1) is 31.3. The fourth-order valence-corrected chi connectivity index (χ4v) is 7.66. The number of aliphatic hydroxyl groups is 2. The van der Waals surface area contributed by atoms with E-state index in [2.05, 4.69) is 62.7 Å². The maximum Gasteiger partial charge on any atom is 0.251 e. The molecule has 0 spiro atoms. The molecule has 2 amide bonds. The van der Waals surface area contributed by atoms with Crippen LogP contribution in [0.1, 0.15) is 85.2 Å². The predicted octanol–water partition coefficient (Wildman–Crippen LogP) is 8.86. The summed E-state index contributed by atoms with van der Waals surface area (Å²) in [6, 6.07) is 19.9. The van der Waals surface area contributed by atoms with Gasteiger partial charge in [0, 0.05) is 58.5 Å². The standard InChI is InChI=1S/C27H28ClFN6O2.C21H24BrN5O2/c1-15-10-16(4-8-19(15)26(36)32-18-6-7-18)23-13-30-25-22(31-14-27(2,3)37)12-24(34-35(23)25)33-21-9-5-17(28)11-20(21)29;1-12-8-13(4-7-15(12)20(28)25-14-5-6-14)17-10-23-19-16(24-11-21(2,3)29)9-18(22)26-27(17)19/h4-5,8-13,18,31,37H,6-7,14H2,1-3H3,(H,32,36)(H,33,34);4,7-10,14,24,29H,5-6,11H2,1-3H3,(H,25,28). The van der Waals surface area contributed by atoms with Crippen LogP contribution in [0.4, 0.5) is 27.3 Å². The largest absolute Gasteiger partial charge is 0.389 e. The molecule has 344 valence electrons. The molecule has 0 unspecified atom stereocenters. The molecule has 2 aliphatic rings. The molecule has 0 radical (unpaired) electrons. The third kappa shape index (κ3) is 11.3. The molecule has 66 heavy (non-hydrogen) atoms. The summed E-state index contributed by atoms with van der Waals surface area (Å²) in [7, 11) is 0. The minimum Gasteiger partial charge on any atom is -0.389 e. The number of anilines is 4. The number of hydrogen-bond acceptors (Lipinski definition) is 11. The van der Waals surface area contributed by atoms with E-state index in [1.54, 1.807) is 67.3 Å². The molecule has 7 N–H and O–H groups in total. The Balaban J connectivity index is 0.000000185. The van der Waals surface area contributed by atoms with Crippen LogP contribution in [0.3, 0.4) is 0 Å². The Morgan fingerprint density at radius 3 is 1.65 bits per heavy atom. The highest BCUT2D eigenvalue weighted by molar-refractivity contribution is 9.10. The molecule has 4 heterocycles. The van der Waals surface area contributed by atoms with E-state index >= 15 is 0 Å². The Bertz CT molecular complexity index is 2970. The average molecular weight is 981 g/mol. The van der Waals surface area contributed by atoms with Crippen LogP contribution in [0.2, 0.25) is 5.02 Å². The lowest BCUT2D eigenvalue weighted by atomic mass is 10.0. The van der Waals surface area contributed by atoms with Crippen molar-refractivity contribution >= 4 is 73.5 Å². The van der Waals surface area contributed by atoms with Crippen molar-refractivity contribution < 1.29 is 24.2 Å². The van der Waals surface area contributed by atoms with Gasteiger partial charge in [-0.2, -0.15) is 5.10 Å². The first-order valence-corrected chi connectivity index (χ1v) is 22.9. The van der Waals surface area contributed by atoms with Gasteiger partial charge >= 0.3 is 0 Å². The number of carbonyl (C=O) groups excluding carboxylic acids is 2. The first kappa shape index (κ1) is 46.4. The van der Waals surface area contributed by atoms with Crippen LogP contribution < -0.4 is 26.6 Å². The second kappa shape index (κ2) is 18.6. The van der Waals surface area contributed by atoms with Gasteiger partial charge < -0.3 is 36.8 Å². The highest BCUT2D eigenvalue weighted by Gasteiger charge is 2.26. The van der Waals surface area contributed by atoms with Gasteiger partial charge in [-0.05, 0) is 143 Å². The Kier molecular flexibility index (Phi) is 13.1. The molecule has 18 heteroatoms. The van der Waals surface area contributed by atoms with Gasteiger partial charge in [0.15, 0.2) is 17.1 Å². The molecular formula is C48H52BrClFN11O4. The first-order valence-electron chi connectivity index (χ1n) is 21.7. The molecule has 3 aromatic carbocycles. The monoisotopic (exact) mass is 979 g/mol. The van der Waals surface area contributed by atoms with E-state index in [0.717, 1.165) is 59.3 Å². The molecule has 7 aromatic rings. The molecule has 0 aliphatic heterocycles. The van der Waals surface area contributed by atoms with Crippen LogP contribution in [-0.4, -0.2) is 87.6 Å². The number of benzene rings is 3. The molecule has 9 rings (SSSR count). The summed E-state index contributed by atoms with van der Waals surface area (Å²) in [5, 5.41) is 45.3. The molecule has 2 saturated carbocycles. The zero-order valence-corrected chi connectivity index (χ0v) is 39.8. The quantitative estimate of drug-likeness (QED) is 0.0550. The van der Waals surface area contributed by atoms with Gasteiger partial charge in [0.1, 0.15) is 10.4 Å². The average Bonchev–Trinajstić information content (AvgIpc) is 4.16. The number of amides is 2. The highest BCUT2D eigenvalue weighted by Crippen LogP contribution is 2.32. The lowest BCUT2D eigenvalue weighted by Crippen LogP contribution is -2.29. The fourth-order valence-electron chi connectivity index (χ4n) is 7.11. The van der Waals surface area contributed by atoms with E-state index in [4.69, 9.17) is 11.6 Å². The van der Waals surface area contributed by atoms with E-state index in [0.29, 0.717) is 61.8 Å². The second-order valence-corrected chi connectivity index (χ2v) is 19.5. The molecule has 2 aliphatic carbocycles. The van der Waals surface area contributed by atoms with Crippen molar-refractivity contribution in [1.82, 2.24) is 39.8 Å². The molecule has 2 fully saturated rings. The molecule has 0 bridgehead atoms. The highest BCUT2D eigenvalue weighted by atomic mass is 79.9. The molecular weight excluding hydrogens is 929 g/mol. The lowest BCUT2D eigenvalue weighted by molar-refractivity contribution is 0.0939. The maximum absolute atomic E-state index is 14.5. The third-order valence-electron chi connectivity index (χ3n) is 10.9. The van der Waals surface area contributed by atoms with Crippen molar-refractivity contribution in [3.8, 4) is 22.5 Å². The minimum atomic E-state index is -0.973. The third-order valence-corrected chi connectivity index (χ3v) is 11.5. The summed E-state index contributed by atoms with van der Waals surface area (Å²) in [5.41, 5.74) is 7.31. The Labute approximate surface area is 394 Å². The van der Waals surface area contributed by atoms with E-state index in [1.165, 1.54) is 12.1 Å². The molecule has 0 atom stereocenters. The molecule has 15 nitrogen and oxygen atoms in total. The van der Waals surface area contributed by atoms with Crippen molar-refractivity contribution in [2.24, 2.45) is 0 Å². The number of halogens is 3. The zero-order chi connectivity index (χ0) is 47.1. The van der Waals surface area contributed by atoms with Crippen molar-refractivity contribution in [3.63, 3.8) is 0 Å². The van der Waals surface area contributed by atoms with Crippen LogP contribution in [0.15, 0.2) is 83.7 Å². The Morgan fingerprint density at radius 1 is 0.712 bits per heavy atom. The molecule has 0 saturated heterocycles. The van der Waals surface area contributed by atoms with Crippen LogP contribution >= 0.6 is 27.5 Å². The number of nitrogens with zero attached hydrogens (tertiary/aromatic N) is 6. The summed E-state index contributed by atoms with van der Waals surface area (Å²) in [6.07, 6.45) is 7.64.